The predicted octanol–water partition coefficient (Wildman–Crippen LogP) is 2.78. The molecule has 2 fully saturated rings. The fraction of sp³-hybridized carbons (Fsp3) is 0.409. The van der Waals surface area contributed by atoms with Gasteiger partial charge in [-0.1, -0.05) is 6.07 Å². The summed E-state index contributed by atoms with van der Waals surface area (Å²) in [5.41, 5.74) is 10.9. The van der Waals surface area contributed by atoms with Gasteiger partial charge in [0.1, 0.15) is 23.9 Å². The van der Waals surface area contributed by atoms with E-state index < -0.39 is 12.2 Å². The molecular weight excluding hydrogens is 398 g/mol. The third kappa shape index (κ3) is 2.67. The van der Waals surface area contributed by atoms with Gasteiger partial charge in [0.25, 0.3) is 0 Å². The summed E-state index contributed by atoms with van der Waals surface area (Å²) in [5, 5.41) is 22.8. The van der Waals surface area contributed by atoms with Gasteiger partial charge < -0.3 is 20.5 Å². The smallest absolute Gasteiger partial charge is 0.145 e. The first-order valence-corrected chi connectivity index (χ1v) is 11.2. The van der Waals surface area contributed by atoms with E-state index in [1.54, 1.807) is 11.3 Å². The molecule has 0 spiro atoms. The lowest BCUT2D eigenvalue weighted by molar-refractivity contribution is -0.152. The molecule has 1 unspecified atom stereocenters. The number of nitrogens with two attached hydrogens (primary N) is 1. The first kappa shape index (κ1) is 18.2. The Morgan fingerprint density at radius 3 is 2.90 bits per heavy atom. The van der Waals surface area contributed by atoms with Gasteiger partial charge in [0.2, 0.25) is 0 Å². The van der Waals surface area contributed by atoms with Crippen LogP contribution < -0.4 is 5.73 Å². The summed E-state index contributed by atoms with van der Waals surface area (Å²) in [5.74, 6) is 1.37. The number of fused-ring (bicyclic) bond motifs is 3. The van der Waals surface area contributed by atoms with E-state index in [4.69, 9.17) is 5.73 Å². The van der Waals surface area contributed by atoms with Crippen molar-refractivity contribution in [2.24, 2.45) is 17.8 Å². The van der Waals surface area contributed by atoms with E-state index in [1.165, 1.54) is 16.6 Å². The van der Waals surface area contributed by atoms with E-state index in [0.29, 0.717) is 23.3 Å². The van der Waals surface area contributed by atoms with Gasteiger partial charge >= 0.3 is 0 Å². The van der Waals surface area contributed by atoms with Gasteiger partial charge in [-0.05, 0) is 60.8 Å². The molecule has 6 rings (SSSR count). The van der Waals surface area contributed by atoms with Crippen molar-refractivity contribution in [3.8, 4) is 0 Å². The van der Waals surface area contributed by atoms with Gasteiger partial charge in [-0.3, -0.25) is 0 Å². The lowest BCUT2D eigenvalue weighted by Gasteiger charge is -2.54. The maximum absolute atomic E-state index is 11.0. The van der Waals surface area contributed by atoms with Crippen molar-refractivity contribution in [2.45, 2.75) is 37.5 Å². The van der Waals surface area contributed by atoms with Crippen LogP contribution in [0.1, 0.15) is 24.4 Å². The van der Waals surface area contributed by atoms with Gasteiger partial charge in [-0.2, -0.15) is 0 Å². The molecule has 2 aliphatic carbocycles. The standard InChI is InChI=1S/C22H23N5O2S/c23-21-14-3-4-27(22(14)25-9-24-21)16-8-13-7-12(18(13)20(29)19(16)28)5-11-1-2-15-17(6-11)30-10-26-15/h1-4,6,9-10,12-13,16,18-20,28-29H,5,7-8H2,(H2,23,24,25)/t12-,13-,16+,18?,19-,20+/m0/s1. The molecule has 4 aromatic rings. The molecule has 30 heavy (non-hydrogen) atoms. The van der Waals surface area contributed by atoms with Gasteiger partial charge in [-0.15, -0.1) is 11.3 Å². The van der Waals surface area contributed by atoms with Crippen LogP contribution in [0.2, 0.25) is 0 Å². The average molecular weight is 422 g/mol. The van der Waals surface area contributed by atoms with E-state index in [0.717, 1.165) is 30.2 Å². The number of hydrogen-bond donors (Lipinski definition) is 3. The number of aromatic nitrogens is 4. The summed E-state index contributed by atoms with van der Waals surface area (Å²) in [6.07, 6.45) is 4.61. The summed E-state index contributed by atoms with van der Waals surface area (Å²) in [6.45, 7) is 0. The molecule has 0 amide bonds. The molecule has 2 saturated carbocycles. The largest absolute Gasteiger partial charge is 0.390 e. The topological polar surface area (TPSA) is 110 Å². The van der Waals surface area contributed by atoms with Crippen LogP contribution in [0, 0.1) is 17.8 Å². The average Bonchev–Trinajstić information content (AvgIpc) is 3.36. The van der Waals surface area contributed by atoms with Crippen LogP contribution in [0.4, 0.5) is 5.82 Å². The van der Waals surface area contributed by atoms with Crippen LogP contribution in [-0.2, 0) is 6.42 Å². The second kappa shape index (κ2) is 6.73. The van der Waals surface area contributed by atoms with E-state index in [9.17, 15) is 10.2 Å². The maximum atomic E-state index is 11.0. The molecule has 6 atom stereocenters. The predicted molar refractivity (Wildman–Crippen MR) is 116 cm³/mol. The highest BCUT2D eigenvalue weighted by Gasteiger charge is 2.53. The number of nitrogens with zero attached hydrogens (tertiary/aromatic N) is 4. The van der Waals surface area contributed by atoms with Crippen LogP contribution in [0.5, 0.6) is 0 Å². The molecule has 4 N–H and O–H groups in total. The summed E-state index contributed by atoms with van der Waals surface area (Å²) < 4.78 is 3.16. The molecule has 0 saturated heterocycles. The van der Waals surface area contributed by atoms with Crippen molar-refractivity contribution < 1.29 is 10.2 Å². The van der Waals surface area contributed by atoms with Crippen LogP contribution in [-0.4, -0.2) is 41.9 Å². The number of aliphatic hydroxyl groups is 2. The van der Waals surface area contributed by atoms with E-state index in [-0.39, 0.29) is 12.0 Å². The Kier molecular flexibility index (Phi) is 4.09. The zero-order valence-electron chi connectivity index (χ0n) is 16.3. The first-order valence-electron chi connectivity index (χ1n) is 10.4. The molecule has 1 aromatic carbocycles. The van der Waals surface area contributed by atoms with Gasteiger partial charge in [0.15, 0.2) is 0 Å². The lowest BCUT2D eigenvalue weighted by Crippen LogP contribution is -2.56. The van der Waals surface area contributed by atoms with Crippen molar-refractivity contribution in [1.29, 1.82) is 0 Å². The van der Waals surface area contributed by atoms with E-state index in [1.807, 2.05) is 22.3 Å². The molecule has 7 nitrogen and oxygen atoms in total. The third-order valence-electron chi connectivity index (χ3n) is 7.17. The highest BCUT2D eigenvalue weighted by molar-refractivity contribution is 7.16. The van der Waals surface area contributed by atoms with E-state index in [2.05, 4.69) is 33.2 Å². The van der Waals surface area contributed by atoms with Crippen molar-refractivity contribution >= 4 is 38.4 Å². The molecular formula is C22H23N5O2S. The van der Waals surface area contributed by atoms with Gasteiger partial charge in [0, 0.05) is 6.20 Å². The number of rotatable bonds is 3. The fourth-order valence-corrected chi connectivity index (χ4v) is 6.43. The Morgan fingerprint density at radius 2 is 2.00 bits per heavy atom. The van der Waals surface area contributed by atoms with Crippen LogP contribution in [0.25, 0.3) is 21.3 Å². The highest BCUT2D eigenvalue weighted by atomic mass is 32.1. The molecule has 0 aliphatic heterocycles. The lowest BCUT2D eigenvalue weighted by atomic mass is 9.54. The zero-order valence-corrected chi connectivity index (χ0v) is 17.1. The van der Waals surface area contributed by atoms with Crippen LogP contribution in [0.3, 0.4) is 0 Å². The SMILES string of the molecule is Nc1ncnc2c1ccn2[C@@H]1C[C@@H]2C[C@H](Cc3ccc4ncsc4c3)C2[C@@H](O)[C@H]1O. The molecule has 154 valence electrons. The van der Waals surface area contributed by atoms with Crippen LogP contribution in [0.15, 0.2) is 42.3 Å². The first-order chi connectivity index (χ1) is 14.6. The van der Waals surface area contributed by atoms with E-state index >= 15 is 0 Å². The molecule has 3 heterocycles. The quantitative estimate of drug-likeness (QED) is 0.469. The van der Waals surface area contributed by atoms with Crippen LogP contribution >= 0.6 is 11.3 Å². The number of aliphatic hydroxyl groups excluding tert-OH is 2. The maximum Gasteiger partial charge on any atom is 0.145 e. The van der Waals surface area contributed by atoms with Crippen molar-refractivity contribution in [3.63, 3.8) is 0 Å². The normalized spacial score (nSPS) is 31.0. The molecule has 2 aliphatic rings. The van der Waals surface area contributed by atoms with Crippen molar-refractivity contribution in [2.75, 3.05) is 5.73 Å². The monoisotopic (exact) mass is 421 g/mol. The molecule has 8 heteroatoms. The fourth-order valence-electron chi connectivity index (χ4n) is 5.69. The molecule has 0 bridgehead atoms. The van der Waals surface area contributed by atoms with Crippen molar-refractivity contribution in [3.05, 3.63) is 47.9 Å². The number of anilines is 1. The third-order valence-corrected chi connectivity index (χ3v) is 7.96. The second-order valence-corrected chi connectivity index (χ2v) is 9.58. The Bertz CT molecular complexity index is 1240. The Balaban J connectivity index is 1.23. The number of hydrogen-bond acceptors (Lipinski definition) is 7. The van der Waals surface area contributed by atoms with Crippen molar-refractivity contribution in [1.82, 2.24) is 19.5 Å². The zero-order chi connectivity index (χ0) is 20.4. The number of thiazole rings is 1. The minimum atomic E-state index is -0.829. The van der Waals surface area contributed by atoms with Gasteiger partial charge in [0.05, 0.1) is 33.3 Å². The molecule has 3 aromatic heterocycles. The molecule has 0 radical (unpaired) electrons. The number of nitrogen functional groups attached to an aromatic ring is 1. The highest BCUT2D eigenvalue weighted by Crippen LogP contribution is 2.53. The second-order valence-electron chi connectivity index (χ2n) is 8.70. The minimum Gasteiger partial charge on any atom is -0.390 e. The Morgan fingerprint density at radius 1 is 1.10 bits per heavy atom. The Hall–Kier alpha value is -2.55. The summed E-state index contributed by atoms with van der Waals surface area (Å²) in [7, 11) is 0. The summed E-state index contributed by atoms with van der Waals surface area (Å²) >= 11 is 1.66. The minimum absolute atomic E-state index is 0.134. The summed E-state index contributed by atoms with van der Waals surface area (Å²) in [6, 6.07) is 8.10. The summed E-state index contributed by atoms with van der Waals surface area (Å²) in [4.78, 5) is 12.8. The number of benzene rings is 1. The van der Waals surface area contributed by atoms with Gasteiger partial charge in [-0.25, -0.2) is 15.0 Å². The Labute approximate surface area is 177 Å².